The van der Waals surface area contributed by atoms with Gasteiger partial charge in [0.2, 0.25) is 0 Å². The summed E-state index contributed by atoms with van der Waals surface area (Å²) in [6.45, 7) is 1.51. The molecule has 5 nitrogen and oxygen atoms in total. The molecule has 84 valence electrons. The Morgan fingerprint density at radius 1 is 1.44 bits per heavy atom. The van der Waals surface area contributed by atoms with Crippen molar-refractivity contribution in [2.45, 2.75) is 6.04 Å². The summed E-state index contributed by atoms with van der Waals surface area (Å²) in [4.78, 5) is 15.5. The van der Waals surface area contributed by atoms with Crippen LogP contribution in [0.5, 0.6) is 0 Å². The monoisotopic (exact) mass is 218 g/mol. The second-order valence-corrected chi connectivity index (χ2v) is 4.31. The zero-order chi connectivity index (χ0) is 11.3. The number of carbonyl (C=O) groups is 1. The van der Waals surface area contributed by atoms with Crippen LogP contribution in [0.3, 0.4) is 0 Å². The Kier molecular flexibility index (Phi) is 1.83. The zero-order valence-electron chi connectivity index (χ0n) is 9.42. The number of hydrogen-bond donors (Lipinski definition) is 0. The average molecular weight is 218 g/mol. The van der Waals surface area contributed by atoms with Crippen LogP contribution in [0, 0.1) is 0 Å². The number of likely N-dealkylation sites (N-methyl/N-ethyl adjacent to an activating group) is 1. The van der Waals surface area contributed by atoms with Crippen LogP contribution in [0.25, 0.3) is 5.57 Å². The van der Waals surface area contributed by atoms with Crippen molar-refractivity contribution in [3.8, 4) is 0 Å². The smallest absolute Gasteiger partial charge is 0.319 e. The van der Waals surface area contributed by atoms with E-state index in [0.29, 0.717) is 6.54 Å². The summed E-state index contributed by atoms with van der Waals surface area (Å²) >= 11 is 0. The first-order valence-electron chi connectivity index (χ1n) is 5.38. The maximum Gasteiger partial charge on any atom is 0.320 e. The molecule has 0 aliphatic carbocycles. The van der Waals surface area contributed by atoms with Gasteiger partial charge in [-0.15, -0.1) is 0 Å². The highest BCUT2D eigenvalue weighted by molar-refractivity contribution is 5.85. The van der Waals surface area contributed by atoms with E-state index < -0.39 is 0 Å². The molecular formula is C11H14N4O. The maximum atomic E-state index is 11.8. The third kappa shape index (κ3) is 1.11. The van der Waals surface area contributed by atoms with Gasteiger partial charge in [0.05, 0.1) is 11.7 Å². The molecule has 0 radical (unpaired) electrons. The highest BCUT2D eigenvalue weighted by Crippen LogP contribution is 2.30. The number of aryl methyl sites for hydroxylation is 1. The molecule has 16 heavy (non-hydrogen) atoms. The van der Waals surface area contributed by atoms with Gasteiger partial charge in [0, 0.05) is 33.4 Å². The van der Waals surface area contributed by atoms with E-state index in [-0.39, 0.29) is 12.1 Å². The fourth-order valence-corrected chi connectivity index (χ4v) is 2.50. The van der Waals surface area contributed by atoms with E-state index in [1.807, 2.05) is 34.6 Å². The van der Waals surface area contributed by atoms with Gasteiger partial charge >= 0.3 is 6.03 Å². The lowest BCUT2D eigenvalue weighted by molar-refractivity contribution is 0.202. The van der Waals surface area contributed by atoms with E-state index >= 15 is 0 Å². The minimum atomic E-state index is 0.124. The molecule has 1 atom stereocenters. The number of amides is 2. The Bertz CT molecular complexity index is 476. The Labute approximate surface area is 93.9 Å². The van der Waals surface area contributed by atoms with Crippen LogP contribution in [0.1, 0.15) is 5.69 Å². The SMILES string of the molecule is CN1C(=O)N2CC=C(c3ccnn3C)C1C2. The largest absolute Gasteiger partial charge is 0.320 e. The van der Waals surface area contributed by atoms with E-state index in [2.05, 4.69) is 11.2 Å². The third-order valence-electron chi connectivity index (χ3n) is 3.44. The molecular weight excluding hydrogens is 204 g/mol. The van der Waals surface area contributed by atoms with Gasteiger partial charge in [0.25, 0.3) is 0 Å². The first-order valence-corrected chi connectivity index (χ1v) is 5.38. The van der Waals surface area contributed by atoms with Crippen LogP contribution in [-0.4, -0.2) is 51.8 Å². The van der Waals surface area contributed by atoms with Crippen LogP contribution in [0.4, 0.5) is 4.79 Å². The van der Waals surface area contributed by atoms with Crippen LogP contribution < -0.4 is 0 Å². The van der Waals surface area contributed by atoms with Gasteiger partial charge in [0.15, 0.2) is 0 Å². The second kappa shape index (κ2) is 3.10. The lowest BCUT2D eigenvalue weighted by Crippen LogP contribution is -2.30. The molecule has 5 heteroatoms. The molecule has 0 N–H and O–H groups in total. The van der Waals surface area contributed by atoms with Crippen molar-refractivity contribution in [1.82, 2.24) is 19.6 Å². The highest BCUT2D eigenvalue weighted by atomic mass is 16.2. The number of rotatable bonds is 1. The van der Waals surface area contributed by atoms with Gasteiger partial charge in [-0.25, -0.2) is 4.79 Å². The Hall–Kier alpha value is -1.78. The summed E-state index contributed by atoms with van der Waals surface area (Å²) in [5.41, 5.74) is 2.32. The quantitative estimate of drug-likeness (QED) is 0.691. The minimum Gasteiger partial charge on any atom is -0.319 e. The number of hydrogen-bond acceptors (Lipinski definition) is 2. The van der Waals surface area contributed by atoms with Crippen molar-refractivity contribution in [2.75, 3.05) is 20.1 Å². The van der Waals surface area contributed by atoms with Crippen LogP contribution in [0.2, 0.25) is 0 Å². The number of urea groups is 1. The standard InChI is InChI=1S/C11H14N4O/c1-13-10-7-15(11(13)16)6-4-8(10)9-3-5-12-14(9)2/h3-5,10H,6-7H2,1-2H3. The molecule has 2 aliphatic heterocycles. The van der Waals surface area contributed by atoms with Crippen molar-refractivity contribution in [2.24, 2.45) is 7.05 Å². The normalized spacial score (nSPS) is 24.0. The molecule has 0 spiro atoms. The van der Waals surface area contributed by atoms with Crippen molar-refractivity contribution in [3.05, 3.63) is 24.0 Å². The number of nitrogens with zero attached hydrogens (tertiary/aromatic N) is 4. The molecule has 0 aromatic carbocycles. The van der Waals surface area contributed by atoms with Gasteiger partial charge in [0.1, 0.15) is 0 Å². The van der Waals surface area contributed by atoms with Crippen molar-refractivity contribution < 1.29 is 4.79 Å². The first-order chi connectivity index (χ1) is 7.68. The summed E-state index contributed by atoms with van der Waals surface area (Å²) in [7, 11) is 3.79. The molecule has 1 saturated heterocycles. The van der Waals surface area contributed by atoms with Crippen LogP contribution >= 0.6 is 0 Å². The molecule has 1 aromatic heterocycles. The number of aromatic nitrogens is 2. The van der Waals surface area contributed by atoms with Gasteiger partial charge in [-0.1, -0.05) is 6.08 Å². The topological polar surface area (TPSA) is 41.4 Å². The average Bonchev–Trinajstić information content (AvgIpc) is 2.80. The predicted octanol–water partition coefficient (Wildman–Crippen LogP) is 0.553. The highest BCUT2D eigenvalue weighted by Gasteiger charge is 2.39. The molecule has 3 rings (SSSR count). The Balaban J connectivity index is 2.02. The van der Waals surface area contributed by atoms with E-state index in [4.69, 9.17) is 0 Å². The van der Waals surface area contributed by atoms with E-state index in [9.17, 15) is 4.79 Å². The van der Waals surface area contributed by atoms with E-state index in [1.165, 1.54) is 5.57 Å². The molecule has 0 saturated carbocycles. The van der Waals surface area contributed by atoms with Crippen LogP contribution in [0.15, 0.2) is 18.3 Å². The van der Waals surface area contributed by atoms with Crippen molar-refractivity contribution >= 4 is 11.6 Å². The fraction of sp³-hybridized carbons (Fsp3) is 0.455. The third-order valence-corrected chi connectivity index (χ3v) is 3.44. The minimum absolute atomic E-state index is 0.124. The first kappa shape index (κ1) is 9.45. The molecule has 1 unspecified atom stereocenters. The number of carbonyl (C=O) groups excluding carboxylic acids is 1. The van der Waals surface area contributed by atoms with Gasteiger partial charge in [-0.05, 0) is 11.6 Å². The lowest BCUT2D eigenvalue weighted by atomic mass is 10.0. The van der Waals surface area contributed by atoms with E-state index in [1.54, 1.807) is 6.20 Å². The van der Waals surface area contributed by atoms with Gasteiger partial charge in [-0.2, -0.15) is 5.10 Å². The lowest BCUT2D eigenvalue weighted by Gasteiger charge is -2.23. The van der Waals surface area contributed by atoms with E-state index in [0.717, 1.165) is 12.2 Å². The molecule has 2 amide bonds. The van der Waals surface area contributed by atoms with Gasteiger partial charge < -0.3 is 9.80 Å². The summed E-state index contributed by atoms with van der Waals surface area (Å²) in [5.74, 6) is 0. The van der Waals surface area contributed by atoms with Crippen molar-refractivity contribution in [1.29, 1.82) is 0 Å². The predicted molar refractivity (Wildman–Crippen MR) is 59.7 cm³/mol. The Morgan fingerprint density at radius 2 is 2.25 bits per heavy atom. The molecule has 2 aliphatic rings. The molecule has 3 heterocycles. The molecule has 1 aromatic rings. The molecule has 1 fully saturated rings. The summed E-state index contributed by atoms with van der Waals surface area (Å²) < 4.78 is 1.86. The molecule has 2 bridgehead atoms. The van der Waals surface area contributed by atoms with Crippen LogP contribution in [-0.2, 0) is 7.05 Å². The zero-order valence-corrected chi connectivity index (χ0v) is 9.42. The van der Waals surface area contributed by atoms with Crippen molar-refractivity contribution in [3.63, 3.8) is 0 Å². The number of fused-ring (bicyclic) bond motifs is 2. The second-order valence-electron chi connectivity index (χ2n) is 4.31. The van der Waals surface area contributed by atoms with Gasteiger partial charge in [-0.3, -0.25) is 4.68 Å². The Morgan fingerprint density at radius 3 is 2.94 bits per heavy atom. The summed E-state index contributed by atoms with van der Waals surface area (Å²) in [6.07, 6.45) is 3.92. The summed E-state index contributed by atoms with van der Waals surface area (Å²) in [5, 5.41) is 4.18. The maximum absolute atomic E-state index is 11.8. The summed E-state index contributed by atoms with van der Waals surface area (Å²) in [6, 6.07) is 2.30. The fourth-order valence-electron chi connectivity index (χ4n) is 2.50.